The molecule has 0 atom stereocenters. The second kappa shape index (κ2) is 4.06. The average molecular weight is 268 g/mol. The van der Waals surface area contributed by atoms with Crippen molar-refractivity contribution in [1.29, 1.82) is 0 Å². The van der Waals surface area contributed by atoms with Gasteiger partial charge >= 0.3 is 5.97 Å². The number of hydrogen-bond acceptors (Lipinski definition) is 2. The van der Waals surface area contributed by atoms with Crippen LogP contribution in [0.3, 0.4) is 0 Å². The van der Waals surface area contributed by atoms with Crippen molar-refractivity contribution >= 4 is 32.8 Å². The molecular formula is C11H10BrNO2. The first kappa shape index (κ1) is 10.2. The number of carbonyl (C=O) groups is 1. The molecule has 0 radical (unpaired) electrons. The lowest BCUT2D eigenvalue weighted by atomic mass is 10.2. The Hall–Kier alpha value is -1.29. The van der Waals surface area contributed by atoms with Gasteiger partial charge in [0.25, 0.3) is 0 Å². The van der Waals surface area contributed by atoms with Crippen molar-refractivity contribution in [3.8, 4) is 0 Å². The topological polar surface area (TPSA) is 31.2 Å². The van der Waals surface area contributed by atoms with Crippen LogP contribution in [0.5, 0.6) is 0 Å². The average Bonchev–Trinajstić information content (AvgIpc) is 2.58. The number of nitrogens with zero attached hydrogens (tertiary/aromatic N) is 1. The summed E-state index contributed by atoms with van der Waals surface area (Å²) in [6.45, 7) is 0. The van der Waals surface area contributed by atoms with Crippen LogP contribution >= 0.6 is 15.9 Å². The number of aryl methyl sites for hydroxylation is 1. The largest absolute Gasteiger partial charge is 0.450 e. The molecule has 0 saturated carbocycles. The minimum atomic E-state index is -0.302. The number of alkyl halides is 1. The number of fused-ring (bicyclic) bond motifs is 1. The van der Waals surface area contributed by atoms with Gasteiger partial charge in [0.1, 0.15) is 5.52 Å². The van der Waals surface area contributed by atoms with Crippen LogP contribution in [-0.2, 0) is 11.8 Å². The first-order valence-corrected chi connectivity index (χ1v) is 5.63. The van der Waals surface area contributed by atoms with Gasteiger partial charge in [0.05, 0.1) is 5.56 Å². The van der Waals surface area contributed by atoms with Gasteiger partial charge in [-0.25, -0.2) is 4.79 Å². The van der Waals surface area contributed by atoms with Gasteiger partial charge in [0.15, 0.2) is 0 Å². The maximum Gasteiger partial charge on any atom is 0.341 e. The summed E-state index contributed by atoms with van der Waals surface area (Å²) in [5, 5.41) is 0.922. The minimum Gasteiger partial charge on any atom is -0.450 e. The second-order valence-electron chi connectivity index (χ2n) is 3.21. The number of hydrogen-bond donors (Lipinski definition) is 0. The van der Waals surface area contributed by atoms with E-state index in [0.29, 0.717) is 5.56 Å². The molecular weight excluding hydrogens is 258 g/mol. The molecule has 0 aliphatic carbocycles. The molecule has 0 unspecified atom stereocenters. The smallest absolute Gasteiger partial charge is 0.341 e. The van der Waals surface area contributed by atoms with Crippen LogP contribution in [0.2, 0.25) is 0 Å². The SMILES string of the molecule is Cn1cc(C(=O)OCBr)c2ccccc21. The summed E-state index contributed by atoms with van der Waals surface area (Å²) < 4.78 is 6.83. The van der Waals surface area contributed by atoms with Crippen LogP contribution in [0.15, 0.2) is 30.5 Å². The number of halogens is 1. The van der Waals surface area contributed by atoms with Crippen LogP contribution in [0.25, 0.3) is 10.9 Å². The van der Waals surface area contributed by atoms with E-state index in [-0.39, 0.29) is 11.5 Å². The highest BCUT2D eigenvalue weighted by Gasteiger charge is 2.13. The number of rotatable bonds is 2. The number of ether oxygens (including phenoxy) is 1. The lowest BCUT2D eigenvalue weighted by molar-refractivity contribution is 0.0586. The Morgan fingerprint density at radius 1 is 1.47 bits per heavy atom. The van der Waals surface area contributed by atoms with Gasteiger partial charge < -0.3 is 9.30 Å². The highest BCUT2D eigenvalue weighted by atomic mass is 79.9. The Morgan fingerprint density at radius 3 is 2.93 bits per heavy atom. The fourth-order valence-corrected chi connectivity index (χ4v) is 1.84. The fourth-order valence-electron chi connectivity index (χ4n) is 1.63. The van der Waals surface area contributed by atoms with Crippen molar-refractivity contribution in [2.75, 3.05) is 5.52 Å². The molecule has 0 amide bonds. The van der Waals surface area contributed by atoms with Crippen LogP contribution in [0, 0.1) is 0 Å². The summed E-state index contributed by atoms with van der Waals surface area (Å²) in [5.41, 5.74) is 1.85. The van der Waals surface area contributed by atoms with E-state index in [2.05, 4.69) is 15.9 Å². The molecule has 1 aromatic heterocycles. The summed E-state index contributed by atoms with van der Waals surface area (Å²) in [4.78, 5) is 11.6. The molecule has 2 aromatic rings. The summed E-state index contributed by atoms with van der Waals surface area (Å²) in [5.74, 6) is -0.302. The molecule has 0 saturated heterocycles. The van der Waals surface area contributed by atoms with Crippen molar-refractivity contribution in [1.82, 2.24) is 4.57 Å². The van der Waals surface area contributed by atoms with Crippen LogP contribution < -0.4 is 0 Å². The van der Waals surface area contributed by atoms with Crippen LogP contribution in [-0.4, -0.2) is 16.1 Å². The molecule has 15 heavy (non-hydrogen) atoms. The van der Waals surface area contributed by atoms with Crippen molar-refractivity contribution in [2.45, 2.75) is 0 Å². The quantitative estimate of drug-likeness (QED) is 0.619. The normalized spacial score (nSPS) is 10.5. The van der Waals surface area contributed by atoms with E-state index in [1.54, 1.807) is 6.20 Å². The zero-order valence-electron chi connectivity index (χ0n) is 8.24. The van der Waals surface area contributed by atoms with Gasteiger partial charge in [-0.2, -0.15) is 0 Å². The molecule has 0 spiro atoms. The van der Waals surface area contributed by atoms with Gasteiger partial charge in [-0.3, -0.25) is 0 Å². The molecule has 3 nitrogen and oxygen atoms in total. The van der Waals surface area contributed by atoms with Crippen molar-refractivity contribution in [3.63, 3.8) is 0 Å². The molecule has 0 fully saturated rings. The van der Waals surface area contributed by atoms with Crippen LogP contribution in [0.1, 0.15) is 10.4 Å². The molecule has 1 heterocycles. The molecule has 4 heteroatoms. The van der Waals surface area contributed by atoms with Gasteiger partial charge in [0, 0.05) is 24.1 Å². The predicted octanol–water partition coefficient (Wildman–Crippen LogP) is 2.69. The predicted molar refractivity (Wildman–Crippen MR) is 62.1 cm³/mol. The van der Waals surface area contributed by atoms with Gasteiger partial charge in [-0.1, -0.05) is 18.2 Å². The molecule has 0 aliphatic rings. The van der Waals surface area contributed by atoms with E-state index in [4.69, 9.17) is 4.74 Å². The maximum absolute atomic E-state index is 11.6. The standard InChI is InChI=1S/C11H10BrNO2/c1-13-6-9(11(14)15-7-12)8-4-2-3-5-10(8)13/h2-6H,7H2,1H3. The van der Waals surface area contributed by atoms with Crippen molar-refractivity contribution in [2.24, 2.45) is 7.05 Å². The first-order chi connectivity index (χ1) is 7.24. The molecule has 0 bridgehead atoms. The number of aromatic nitrogens is 1. The molecule has 0 aliphatic heterocycles. The Bertz CT molecular complexity index is 504. The number of benzene rings is 1. The Balaban J connectivity index is 2.57. The molecule has 1 aromatic carbocycles. The number of esters is 1. The number of para-hydroxylation sites is 1. The third-order valence-corrected chi connectivity index (χ3v) is 2.53. The Morgan fingerprint density at radius 2 is 2.20 bits per heavy atom. The monoisotopic (exact) mass is 267 g/mol. The van der Waals surface area contributed by atoms with E-state index in [0.717, 1.165) is 10.9 Å². The second-order valence-corrected chi connectivity index (χ2v) is 3.67. The summed E-state index contributed by atoms with van der Waals surface area (Å²) >= 11 is 3.07. The third-order valence-electron chi connectivity index (χ3n) is 2.30. The fraction of sp³-hybridized carbons (Fsp3) is 0.182. The summed E-state index contributed by atoms with van der Waals surface area (Å²) in [6, 6.07) is 7.75. The van der Waals surface area contributed by atoms with Gasteiger partial charge in [-0.15, -0.1) is 0 Å². The van der Waals surface area contributed by atoms with E-state index in [1.807, 2.05) is 35.9 Å². The highest BCUT2D eigenvalue weighted by Crippen LogP contribution is 2.20. The molecule has 2 rings (SSSR count). The Labute approximate surface area is 95.8 Å². The van der Waals surface area contributed by atoms with Crippen molar-refractivity contribution < 1.29 is 9.53 Å². The van der Waals surface area contributed by atoms with E-state index in [1.165, 1.54) is 0 Å². The number of carbonyl (C=O) groups excluding carboxylic acids is 1. The molecule has 78 valence electrons. The maximum atomic E-state index is 11.6. The van der Waals surface area contributed by atoms with E-state index >= 15 is 0 Å². The van der Waals surface area contributed by atoms with E-state index in [9.17, 15) is 4.79 Å². The zero-order chi connectivity index (χ0) is 10.8. The summed E-state index contributed by atoms with van der Waals surface area (Å²) in [6.07, 6.45) is 1.79. The minimum absolute atomic E-state index is 0.217. The van der Waals surface area contributed by atoms with E-state index < -0.39 is 0 Å². The first-order valence-electron chi connectivity index (χ1n) is 4.51. The lowest BCUT2D eigenvalue weighted by Crippen LogP contribution is -2.02. The Kier molecular flexibility index (Phi) is 2.77. The van der Waals surface area contributed by atoms with Crippen molar-refractivity contribution in [3.05, 3.63) is 36.0 Å². The zero-order valence-corrected chi connectivity index (χ0v) is 9.82. The highest BCUT2D eigenvalue weighted by molar-refractivity contribution is 9.09. The molecule has 0 N–H and O–H groups in total. The van der Waals surface area contributed by atoms with Crippen LogP contribution in [0.4, 0.5) is 0 Å². The van der Waals surface area contributed by atoms with Gasteiger partial charge in [-0.05, 0) is 22.0 Å². The summed E-state index contributed by atoms with van der Waals surface area (Å²) in [7, 11) is 1.91. The lowest BCUT2D eigenvalue weighted by Gasteiger charge is -1.97. The third kappa shape index (κ3) is 1.77. The van der Waals surface area contributed by atoms with Gasteiger partial charge in [0.2, 0.25) is 0 Å².